The number of carbonyl (C=O) groups excluding carboxylic acids is 1. The second-order valence-corrected chi connectivity index (χ2v) is 4.66. The van der Waals surface area contributed by atoms with Crippen molar-refractivity contribution in [2.24, 2.45) is 0 Å². The minimum atomic E-state index is -0.136. The summed E-state index contributed by atoms with van der Waals surface area (Å²) in [5.74, 6) is -0.136. The van der Waals surface area contributed by atoms with Crippen LogP contribution in [0.4, 0.5) is 11.4 Å². The van der Waals surface area contributed by atoms with E-state index in [9.17, 15) is 4.79 Å². The Kier molecular flexibility index (Phi) is 4.63. The van der Waals surface area contributed by atoms with Crippen LogP contribution in [0.5, 0.6) is 0 Å². The molecule has 0 bridgehead atoms. The van der Waals surface area contributed by atoms with Crippen LogP contribution in [0, 0.1) is 0 Å². The van der Waals surface area contributed by atoms with E-state index in [2.05, 4.69) is 9.80 Å². The largest absolute Gasteiger partial charge is 0.465 e. The summed E-state index contributed by atoms with van der Waals surface area (Å²) in [5, 5.41) is 0. The van der Waals surface area contributed by atoms with Gasteiger partial charge in [-0.05, 0) is 31.2 Å². The van der Waals surface area contributed by atoms with Crippen molar-refractivity contribution >= 4 is 17.3 Å². The summed E-state index contributed by atoms with van der Waals surface area (Å²) in [6.07, 6.45) is 0. The lowest BCUT2D eigenvalue weighted by Gasteiger charge is -2.35. The fourth-order valence-electron chi connectivity index (χ4n) is 2.24. The van der Waals surface area contributed by atoms with Gasteiger partial charge < -0.3 is 15.4 Å². The monoisotopic (exact) mass is 263 g/mol. The number of esters is 1. The maximum absolute atomic E-state index is 11.4. The first-order valence-corrected chi connectivity index (χ1v) is 6.67. The summed E-state index contributed by atoms with van der Waals surface area (Å²) in [5.41, 5.74) is 7.65. The summed E-state index contributed by atoms with van der Waals surface area (Å²) in [6.45, 7) is 6.27. The number of hydrogen-bond donors (Lipinski definition) is 1. The van der Waals surface area contributed by atoms with Crippen molar-refractivity contribution in [3.05, 3.63) is 24.3 Å². The zero-order chi connectivity index (χ0) is 13.7. The molecule has 104 valence electrons. The van der Waals surface area contributed by atoms with Crippen LogP contribution in [0.15, 0.2) is 24.3 Å². The van der Waals surface area contributed by atoms with Gasteiger partial charge in [-0.2, -0.15) is 0 Å². The van der Waals surface area contributed by atoms with Crippen LogP contribution >= 0.6 is 0 Å². The molecular weight excluding hydrogens is 242 g/mol. The van der Waals surface area contributed by atoms with Gasteiger partial charge in [0.2, 0.25) is 0 Å². The molecule has 1 aromatic carbocycles. The van der Waals surface area contributed by atoms with E-state index < -0.39 is 0 Å². The van der Waals surface area contributed by atoms with Crippen molar-refractivity contribution in [3.63, 3.8) is 0 Å². The Morgan fingerprint density at radius 3 is 2.42 bits per heavy atom. The Labute approximate surface area is 113 Å². The number of piperazine rings is 1. The third-order valence-electron chi connectivity index (χ3n) is 3.29. The van der Waals surface area contributed by atoms with Gasteiger partial charge in [-0.15, -0.1) is 0 Å². The molecule has 5 nitrogen and oxygen atoms in total. The highest BCUT2D eigenvalue weighted by Crippen LogP contribution is 2.17. The lowest BCUT2D eigenvalue weighted by molar-refractivity contribution is -0.144. The van der Waals surface area contributed by atoms with E-state index in [1.165, 1.54) is 5.69 Å². The maximum atomic E-state index is 11.4. The molecule has 0 radical (unpaired) electrons. The highest BCUT2D eigenvalue weighted by Gasteiger charge is 2.19. The first-order valence-electron chi connectivity index (χ1n) is 6.67. The molecule has 1 aliphatic rings. The molecule has 0 amide bonds. The molecule has 1 fully saturated rings. The van der Waals surface area contributed by atoms with Gasteiger partial charge >= 0.3 is 5.97 Å². The van der Waals surface area contributed by atoms with Crippen molar-refractivity contribution in [3.8, 4) is 0 Å². The van der Waals surface area contributed by atoms with Gasteiger partial charge in [0.15, 0.2) is 0 Å². The van der Waals surface area contributed by atoms with Crippen LogP contribution in [-0.4, -0.2) is 50.2 Å². The molecule has 0 aromatic heterocycles. The summed E-state index contributed by atoms with van der Waals surface area (Å²) < 4.78 is 4.96. The Hall–Kier alpha value is -1.75. The molecule has 5 heteroatoms. The molecule has 1 heterocycles. The zero-order valence-electron chi connectivity index (χ0n) is 11.3. The number of nitrogen functional groups attached to an aromatic ring is 1. The lowest BCUT2D eigenvalue weighted by Crippen LogP contribution is -2.48. The normalized spacial score (nSPS) is 16.4. The Bertz CT molecular complexity index is 411. The minimum absolute atomic E-state index is 0.136. The number of anilines is 2. The molecule has 0 spiro atoms. The maximum Gasteiger partial charge on any atom is 0.320 e. The van der Waals surface area contributed by atoms with Gasteiger partial charge in [-0.3, -0.25) is 9.69 Å². The quantitative estimate of drug-likeness (QED) is 0.647. The Morgan fingerprint density at radius 2 is 1.84 bits per heavy atom. The fraction of sp³-hybridized carbons (Fsp3) is 0.500. The second-order valence-electron chi connectivity index (χ2n) is 4.66. The molecule has 1 aliphatic heterocycles. The molecule has 0 atom stereocenters. The van der Waals surface area contributed by atoms with Gasteiger partial charge in [0.05, 0.1) is 13.2 Å². The molecule has 19 heavy (non-hydrogen) atoms. The molecular formula is C14H21N3O2. The van der Waals surface area contributed by atoms with Crippen molar-refractivity contribution in [1.82, 2.24) is 4.90 Å². The predicted molar refractivity (Wildman–Crippen MR) is 76.1 cm³/mol. The average Bonchev–Trinajstić information content (AvgIpc) is 2.41. The van der Waals surface area contributed by atoms with Crippen molar-refractivity contribution < 1.29 is 9.53 Å². The van der Waals surface area contributed by atoms with E-state index in [1.807, 2.05) is 31.2 Å². The molecule has 0 aliphatic carbocycles. The molecule has 0 unspecified atom stereocenters. The third-order valence-corrected chi connectivity index (χ3v) is 3.29. The number of carbonyl (C=O) groups is 1. The van der Waals surface area contributed by atoms with E-state index in [-0.39, 0.29) is 5.97 Å². The SMILES string of the molecule is CCOC(=O)CN1CCN(c2ccc(N)cc2)CC1. The van der Waals surface area contributed by atoms with Crippen LogP contribution in [0.2, 0.25) is 0 Å². The van der Waals surface area contributed by atoms with E-state index in [1.54, 1.807) is 0 Å². The minimum Gasteiger partial charge on any atom is -0.465 e. The smallest absolute Gasteiger partial charge is 0.320 e. The first-order chi connectivity index (χ1) is 9.19. The van der Waals surface area contributed by atoms with Crippen molar-refractivity contribution in [2.45, 2.75) is 6.92 Å². The summed E-state index contributed by atoms with van der Waals surface area (Å²) in [4.78, 5) is 15.8. The summed E-state index contributed by atoms with van der Waals surface area (Å²) in [7, 11) is 0. The van der Waals surface area contributed by atoms with Crippen LogP contribution in [-0.2, 0) is 9.53 Å². The number of hydrogen-bond acceptors (Lipinski definition) is 5. The number of nitrogens with two attached hydrogens (primary N) is 1. The number of nitrogens with zero attached hydrogens (tertiary/aromatic N) is 2. The van der Waals surface area contributed by atoms with Crippen LogP contribution in [0.3, 0.4) is 0 Å². The Balaban J connectivity index is 1.82. The third kappa shape index (κ3) is 3.86. The fourth-order valence-corrected chi connectivity index (χ4v) is 2.24. The average molecular weight is 263 g/mol. The highest BCUT2D eigenvalue weighted by molar-refractivity contribution is 5.71. The lowest BCUT2D eigenvalue weighted by atomic mass is 10.2. The van der Waals surface area contributed by atoms with E-state index in [4.69, 9.17) is 10.5 Å². The standard InChI is InChI=1S/C14H21N3O2/c1-2-19-14(18)11-16-7-9-17(10-8-16)13-5-3-12(15)4-6-13/h3-6H,2,7-11,15H2,1H3. The summed E-state index contributed by atoms with van der Waals surface area (Å²) in [6, 6.07) is 7.91. The van der Waals surface area contributed by atoms with Crippen LogP contribution in [0.25, 0.3) is 0 Å². The summed E-state index contributed by atoms with van der Waals surface area (Å²) >= 11 is 0. The van der Waals surface area contributed by atoms with Crippen LogP contribution < -0.4 is 10.6 Å². The molecule has 2 rings (SSSR count). The number of rotatable bonds is 4. The topological polar surface area (TPSA) is 58.8 Å². The molecule has 1 saturated heterocycles. The molecule has 0 saturated carbocycles. The second kappa shape index (κ2) is 6.43. The van der Waals surface area contributed by atoms with Gasteiger partial charge in [0.25, 0.3) is 0 Å². The highest BCUT2D eigenvalue weighted by atomic mass is 16.5. The van der Waals surface area contributed by atoms with Crippen LogP contribution in [0.1, 0.15) is 6.92 Å². The van der Waals surface area contributed by atoms with Gasteiger partial charge in [0, 0.05) is 37.6 Å². The first kappa shape index (κ1) is 13.7. The Morgan fingerprint density at radius 1 is 1.21 bits per heavy atom. The van der Waals surface area contributed by atoms with E-state index in [0.29, 0.717) is 13.2 Å². The van der Waals surface area contributed by atoms with Gasteiger partial charge in [-0.1, -0.05) is 0 Å². The van der Waals surface area contributed by atoms with Crippen molar-refractivity contribution in [2.75, 3.05) is 50.0 Å². The van der Waals surface area contributed by atoms with Gasteiger partial charge in [0.1, 0.15) is 0 Å². The number of benzene rings is 1. The van der Waals surface area contributed by atoms with Gasteiger partial charge in [-0.25, -0.2) is 0 Å². The number of ether oxygens (including phenoxy) is 1. The zero-order valence-corrected chi connectivity index (χ0v) is 11.3. The van der Waals surface area contributed by atoms with E-state index in [0.717, 1.165) is 31.9 Å². The van der Waals surface area contributed by atoms with Crippen molar-refractivity contribution in [1.29, 1.82) is 0 Å². The molecule has 2 N–H and O–H groups in total. The molecule has 1 aromatic rings. The van der Waals surface area contributed by atoms with E-state index >= 15 is 0 Å². The predicted octanol–water partition coefficient (Wildman–Crippen LogP) is 0.954.